The van der Waals surface area contributed by atoms with E-state index in [-0.39, 0.29) is 17.0 Å². The third-order valence-corrected chi connectivity index (χ3v) is 2.78. The minimum absolute atomic E-state index is 0.0583. The molecule has 0 atom stereocenters. The molecule has 4 nitrogen and oxygen atoms in total. The third-order valence-electron chi connectivity index (χ3n) is 2.35. The molecule has 0 saturated carbocycles. The van der Waals surface area contributed by atoms with Gasteiger partial charge in [0.05, 0.1) is 22.1 Å². The van der Waals surface area contributed by atoms with Gasteiger partial charge in [0.1, 0.15) is 5.82 Å². The number of rotatable bonds is 4. The van der Waals surface area contributed by atoms with Gasteiger partial charge in [-0.1, -0.05) is 24.9 Å². The number of halogens is 3. The van der Waals surface area contributed by atoms with Gasteiger partial charge in [-0.3, -0.25) is 10.1 Å². The quantitative estimate of drug-likeness (QED) is 0.474. The second-order valence-corrected chi connectivity index (χ2v) is 4.08. The van der Waals surface area contributed by atoms with Crippen LogP contribution in [0.4, 0.5) is 14.5 Å². The number of nitro benzene ring substituents is 1. The first kappa shape index (κ1) is 15.1. The van der Waals surface area contributed by atoms with Crippen molar-refractivity contribution in [2.75, 3.05) is 0 Å². The van der Waals surface area contributed by atoms with Crippen LogP contribution in [-0.4, -0.2) is 4.92 Å². The van der Waals surface area contributed by atoms with Crippen LogP contribution in [0.3, 0.4) is 0 Å². The minimum Gasteiger partial charge on any atom is -0.258 e. The van der Waals surface area contributed by atoms with Crippen LogP contribution in [0.2, 0.25) is 0 Å². The third kappa shape index (κ3) is 3.26. The molecule has 0 heterocycles. The fraction of sp³-hybridized carbons (Fsp3) is 0.250. The molecule has 0 aliphatic rings. The lowest BCUT2D eigenvalue weighted by molar-refractivity contribution is -0.387. The normalized spacial score (nSPS) is 11.7. The van der Waals surface area contributed by atoms with Gasteiger partial charge in [0, 0.05) is 11.1 Å². The summed E-state index contributed by atoms with van der Waals surface area (Å²) in [7, 11) is 0. The average molecular weight is 287 g/mol. The predicted molar refractivity (Wildman–Crippen MR) is 66.3 cm³/mol. The topological polar surface area (TPSA) is 66.9 Å². The lowest BCUT2D eigenvalue weighted by Gasteiger charge is -2.05. The van der Waals surface area contributed by atoms with Gasteiger partial charge >= 0.3 is 5.69 Å². The van der Waals surface area contributed by atoms with Crippen LogP contribution in [0.5, 0.6) is 0 Å². The van der Waals surface area contributed by atoms with E-state index in [4.69, 9.17) is 16.9 Å². The van der Waals surface area contributed by atoms with Crippen LogP contribution >= 0.6 is 11.6 Å². The van der Waals surface area contributed by atoms with Crippen LogP contribution in [-0.2, 0) is 0 Å². The van der Waals surface area contributed by atoms with Crippen molar-refractivity contribution in [1.82, 2.24) is 0 Å². The number of allylic oxidation sites excluding steroid dienone is 1. The fourth-order valence-corrected chi connectivity index (χ4v) is 1.77. The molecule has 1 aromatic carbocycles. The standard InChI is InChI=1S/C12H9ClF2N2O2/c1-2-3-7(6-16)11(13)9-4-8(14)5-10(12(9)15)17(18)19/h4-5H,2-3H2,1H3/b11-7-. The van der Waals surface area contributed by atoms with Crippen molar-refractivity contribution in [3.63, 3.8) is 0 Å². The summed E-state index contributed by atoms with van der Waals surface area (Å²) in [6, 6.07) is 2.99. The predicted octanol–water partition coefficient (Wildman–Crippen LogP) is 4.15. The molecule has 0 unspecified atom stereocenters. The van der Waals surface area contributed by atoms with Gasteiger partial charge in [-0.15, -0.1) is 0 Å². The summed E-state index contributed by atoms with van der Waals surface area (Å²) in [5, 5.41) is 19.2. The molecule has 0 amide bonds. The molecule has 7 heteroatoms. The van der Waals surface area contributed by atoms with Crippen molar-refractivity contribution in [3.05, 3.63) is 45.0 Å². The van der Waals surface area contributed by atoms with Crippen LogP contribution in [0, 0.1) is 33.1 Å². The van der Waals surface area contributed by atoms with Gasteiger partial charge < -0.3 is 0 Å². The molecule has 100 valence electrons. The van der Waals surface area contributed by atoms with Crippen LogP contribution < -0.4 is 0 Å². The summed E-state index contributed by atoms with van der Waals surface area (Å²) in [6.45, 7) is 1.78. The van der Waals surface area contributed by atoms with E-state index in [0.717, 1.165) is 6.07 Å². The Morgan fingerprint density at radius 1 is 1.53 bits per heavy atom. The van der Waals surface area contributed by atoms with Gasteiger partial charge in [-0.05, 0) is 12.5 Å². The molecule has 0 fully saturated rings. The number of benzene rings is 1. The van der Waals surface area contributed by atoms with Crippen molar-refractivity contribution < 1.29 is 13.7 Å². The van der Waals surface area contributed by atoms with Crippen molar-refractivity contribution in [3.8, 4) is 6.07 Å². The molecule has 0 aromatic heterocycles. The molecule has 0 aliphatic carbocycles. The molecule has 0 bridgehead atoms. The average Bonchev–Trinajstić information content (AvgIpc) is 2.37. The Hall–Kier alpha value is -2.00. The Balaban J connectivity index is 3.51. The molecule has 0 saturated heterocycles. The maximum atomic E-state index is 13.9. The molecule has 0 radical (unpaired) electrons. The molecule has 0 aliphatic heterocycles. The lowest BCUT2D eigenvalue weighted by Crippen LogP contribution is -1.99. The summed E-state index contributed by atoms with van der Waals surface area (Å²) >= 11 is 5.83. The highest BCUT2D eigenvalue weighted by molar-refractivity contribution is 6.49. The summed E-state index contributed by atoms with van der Waals surface area (Å²) < 4.78 is 27.1. The Morgan fingerprint density at radius 3 is 2.63 bits per heavy atom. The van der Waals surface area contributed by atoms with Gasteiger partial charge in [0.2, 0.25) is 5.82 Å². The van der Waals surface area contributed by atoms with Crippen LogP contribution in [0.15, 0.2) is 17.7 Å². The minimum atomic E-state index is -1.25. The van der Waals surface area contributed by atoms with E-state index < -0.39 is 27.8 Å². The van der Waals surface area contributed by atoms with Gasteiger partial charge in [0.15, 0.2) is 0 Å². The van der Waals surface area contributed by atoms with Crippen molar-refractivity contribution in [2.24, 2.45) is 0 Å². The van der Waals surface area contributed by atoms with E-state index in [9.17, 15) is 18.9 Å². The van der Waals surface area contributed by atoms with E-state index in [1.807, 2.05) is 0 Å². The molecule has 19 heavy (non-hydrogen) atoms. The van der Waals surface area contributed by atoms with Crippen LogP contribution in [0.1, 0.15) is 25.3 Å². The molecule has 1 rings (SSSR count). The molecular weight excluding hydrogens is 278 g/mol. The summed E-state index contributed by atoms with van der Waals surface area (Å²) in [4.78, 5) is 9.54. The van der Waals surface area contributed by atoms with E-state index >= 15 is 0 Å². The maximum absolute atomic E-state index is 13.9. The SMILES string of the molecule is CCC/C(C#N)=C(/Cl)c1cc(F)cc([N+](=O)[O-])c1F. The number of hydrogen-bond acceptors (Lipinski definition) is 3. The van der Waals surface area contributed by atoms with E-state index in [2.05, 4.69) is 0 Å². The molecule has 1 aromatic rings. The fourth-order valence-electron chi connectivity index (χ4n) is 1.49. The molecule has 0 spiro atoms. The summed E-state index contributed by atoms with van der Waals surface area (Å²) in [6.07, 6.45) is 0.858. The Bertz CT molecular complexity index is 594. The van der Waals surface area contributed by atoms with Gasteiger partial charge in [0.25, 0.3) is 0 Å². The number of hydrogen-bond donors (Lipinski definition) is 0. The van der Waals surface area contributed by atoms with Gasteiger partial charge in [-0.25, -0.2) is 4.39 Å². The maximum Gasteiger partial charge on any atom is 0.308 e. The second-order valence-electron chi connectivity index (χ2n) is 3.70. The first-order valence-electron chi connectivity index (χ1n) is 5.34. The largest absolute Gasteiger partial charge is 0.308 e. The Labute approximate surface area is 113 Å². The van der Waals surface area contributed by atoms with Crippen molar-refractivity contribution in [2.45, 2.75) is 19.8 Å². The van der Waals surface area contributed by atoms with Gasteiger partial charge in [-0.2, -0.15) is 9.65 Å². The zero-order valence-corrected chi connectivity index (χ0v) is 10.7. The van der Waals surface area contributed by atoms with E-state index in [0.29, 0.717) is 12.5 Å². The smallest absolute Gasteiger partial charge is 0.258 e. The van der Waals surface area contributed by atoms with Crippen molar-refractivity contribution in [1.29, 1.82) is 5.26 Å². The number of nitro groups is 1. The highest BCUT2D eigenvalue weighted by atomic mass is 35.5. The van der Waals surface area contributed by atoms with E-state index in [1.54, 1.807) is 13.0 Å². The Morgan fingerprint density at radius 2 is 2.16 bits per heavy atom. The zero-order valence-electron chi connectivity index (χ0n) is 9.91. The van der Waals surface area contributed by atoms with Crippen molar-refractivity contribution >= 4 is 22.3 Å². The summed E-state index contributed by atoms with van der Waals surface area (Å²) in [5.74, 6) is -2.24. The molecule has 0 N–H and O–H groups in total. The second kappa shape index (κ2) is 6.25. The lowest BCUT2D eigenvalue weighted by atomic mass is 10.1. The molecular formula is C12H9ClF2N2O2. The first-order valence-corrected chi connectivity index (χ1v) is 5.72. The number of nitriles is 1. The first-order chi connectivity index (χ1) is 8.92. The van der Waals surface area contributed by atoms with E-state index in [1.165, 1.54) is 0 Å². The summed E-state index contributed by atoms with van der Waals surface area (Å²) in [5.41, 5.74) is -1.43. The Kier molecular flexibility index (Phi) is 4.95. The highest BCUT2D eigenvalue weighted by Crippen LogP contribution is 2.32. The number of nitrogens with zero attached hydrogens (tertiary/aromatic N) is 2. The van der Waals surface area contributed by atoms with Crippen LogP contribution in [0.25, 0.3) is 5.03 Å². The zero-order chi connectivity index (χ0) is 14.6. The monoisotopic (exact) mass is 286 g/mol. The highest BCUT2D eigenvalue weighted by Gasteiger charge is 2.23.